The van der Waals surface area contributed by atoms with Gasteiger partial charge in [-0.1, -0.05) is 148 Å². The zero-order valence-electron chi connectivity index (χ0n) is 23.8. The predicted octanol–water partition coefficient (Wildman–Crippen LogP) is 11.2. The second kappa shape index (κ2) is 22.6. The second-order valence-electron chi connectivity index (χ2n) is 11.2. The summed E-state index contributed by atoms with van der Waals surface area (Å²) in [6, 6.07) is 11.3. The average molecular weight is 473 g/mol. The minimum absolute atomic E-state index is 1.13. The fourth-order valence-corrected chi connectivity index (χ4v) is 5.41. The van der Waals surface area contributed by atoms with E-state index < -0.39 is 0 Å². The highest BCUT2D eigenvalue weighted by molar-refractivity contribution is 5.41. The van der Waals surface area contributed by atoms with Crippen LogP contribution in [0.15, 0.2) is 30.3 Å². The van der Waals surface area contributed by atoms with Crippen LogP contribution in [0, 0.1) is 0 Å². The van der Waals surface area contributed by atoms with Gasteiger partial charge in [0.15, 0.2) is 0 Å². The molecule has 0 unspecified atom stereocenters. The number of hydrogen-bond donors (Lipinski definition) is 0. The number of hydrogen-bond acceptors (Lipinski definition) is 0. The monoisotopic (exact) mass is 472 g/mol. The maximum Gasteiger partial charge on any atom is 0.132 e. The highest BCUT2D eigenvalue weighted by atomic mass is 15.3. The van der Waals surface area contributed by atoms with Crippen molar-refractivity contribution in [2.24, 2.45) is 0 Å². The van der Waals surface area contributed by atoms with E-state index in [0.717, 1.165) is 4.48 Å². The number of nitrogens with zero attached hydrogens (tertiary/aromatic N) is 1. The smallest absolute Gasteiger partial charge is 0.132 e. The SMILES string of the molecule is CCCCCCCCCCCCC[N+](C)(CCCCCCCCCCCCC)c1ccccc1. The van der Waals surface area contributed by atoms with Crippen molar-refractivity contribution in [2.45, 2.75) is 155 Å². The van der Waals surface area contributed by atoms with E-state index in [1.807, 2.05) is 0 Å². The zero-order valence-corrected chi connectivity index (χ0v) is 23.8. The number of rotatable bonds is 25. The number of quaternary nitrogens is 1. The summed E-state index contributed by atoms with van der Waals surface area (Å²) < 4.78 is 1.13. The Morgan fingerprint density at radius 2 is 0.706 bits per heavy atom. The first-order valence-electron chi connectivity index (χ1n) is 15.6. The Morgan fingerprint density at radius 3 is 1.03 bits per heavy atom. The van der Waals surface area contributed by atoms with Crippen LogP contribution in [0.4, 0.5) is 5.69 Å². The fourth-order valence-electron chi connectivity index (χ4n) is 5.41. The van der Waals surface area contributed by atoms with E-state index in [0.29, 0.717) is 0 Å². The molecule has 1 heteroatoms. The maximum atomic E-state index is 2.49. The molecule has 0 aliphatic carbocycles. The third-order valence-electron chi connectivity index (χ3n) is 7.89. The molecule has 1 aromatic carbocycles. The molecule has 0 amide bonds. The van der Waals surface area contributed by atoms with Crippen molar-refractivity contribution in [3.63, 3.8) is 0 Å². The van der Waals surface area contributed by atoms with Crippen LogP contribution in [-0.4, -0.2) is 20.1 Å². The maximum absolute atomic E-state index is 2.49. The van der Waals surface area contributed by atoms with Crippen LogP contribution in [0.25, 0.3) is 0 Å². The lowest BCUT2D eigenvalue weighted by atomic mass is 10.0. The Hall–Kier alpha value is -0.820. The lowest BCUT2D eigenvalue weighted by Gasteiger charge is -2.34. The summed E-state index contributed by atoms with van der Waals surface area (Å²) in [5.41, 5.74) is 1.52. The van der Waals surface area contributed by atoms with Crippen molar-refractivity contribution in [2.75, 3.05) is 20.1 Å². The molecular weight excluding hydrogens is 410 g/mol. The summed E-state index contributed by atoms with van der Waals surface area (Å²) in [4.78, 5) is 0. The third-order valence-corrected chi connectivity index (χ3v) is 7.89. The molecule has 34 heavy (non-hydrogen) atoms. The first-order valence-corrected chi connectivity index (χ1v) is 15.6. The van der Waals surface area contributed by atoms with Gasteiger partial charge < -0.3 is 0 Å². The summed E-state index contributed by atoms with van der Waals surface area (Å²) in [6.07, 6.45) is 31.5. The molecule has 1 rings (SSSR count). The van der Waals surface area contributed by atoms with E-state index in [1.54, 1.807) is 0 Å². The predicted molar refractivity (Wildman–Crippen MR) is 157 cm³/mol. The van der Waals surface area contributed by atoms with Gasteiger partial charge in [-0.25, -0.2) is 0 Å². The van der Waals surface area contributed by atoms with E-state index in [1.165, 1.54) is 160 Å². The largest absolute Gasteiger partial charge is 0.294 e. The quantitative estimate of drug-likeness (QED) is 0.0980. The molecule has 0 heterocycles. The van der Waals surface area contributed by atoms with Crippen LogP contribution in [0.5, 0.6) is 0 Å². The molecule has 0 aliphatic heterocycles. The molecule has 0 aromatic heterocycles. The van der Waals surface area contributed by atoms with Gasteiger partial charge in [0.25, 0.3) is 0 Å². The first kappa shape index (κ1) is 31.2. The summed E-state index contributed by atoms with van der Waals surface area (Å²) in [7, 11) is 2.49. The second-order valence-corrected chi connectivity index (χ2v) is 11.2. The van der Waals surface area contributed by atoms with Crippen molar-refractivity contribution in [1.29, 1.82) is 0 Å². The molecule has 0 radical (unpaired) electrons. The van der Waals surface area contributed by atoms with E-state index in [2.05, 4.69) is 51.2 Å². The van der Waals surface area contributed by atoms with Gasteiger partial charge in [-0.2, -0.15) is 0 Å². The van der Waals surface area contributed by atoms with Gasteiger partial charge in [0, 0.05) is 0 Å². The highest BCUT2D eigenvalue weighted by Gasteiger charge is 2.23. The Kier molecular flexibility index (Phi) is 20.8. The average Bonchev–Trinajstić information content (AvgIpc) is 2.86. The van der Waals surface area contributed by atoms with Crippen molar-refractivity contribution >= 4 is 5.69 Å². The fraction of sp³-hybridized carbons (Fsp3) is 0.818. The summed E-state index contributed by atoms with van der Waals surface area (Å²) >= 11 is 0. The molecule has 0 bridgehead atoms. The summed E-state index contributed by atoms with van der Waals surface area (Å²) in [5.74, 6) is 0. The van der Waals surface area contributed by atoms with Gasteiger partial charge in [0.05, 0.1) is 20.1 Å². The standard InChI is InChI=1S/C33H62N/c1-4-6-8-10-12-14-16-18-20-22-27-31-34(3,33-29-25-24-26-30-33)32-28-23-21-19-17-15-13-11-9-7-5-2/h24-26,29-30H,4-23,27-28,31-32H2,1-3H3/q+1. The van der Waals surface area contributed by atoms with E-state index in [4.69, 9.17) is 0 Å². The zero-order chi connectivity index (χ0) is 24.6. The first-order chi connectivity index (χ1) is 16.7. The van der Waals surface area contributed by atoms with E-state index in [-0.39, 0.29) is 0 Å². The molecule has 0 saturated heterocycles. The van der Waals surface area contributed by atoms with E-state index in [9.17, 15) is 0 Å². The number of para-hydroxylation sites is 1. The Balaban J connectivity index is 2.17. The van der Waals surface area contributed by atoms with Crippen LogP contribution >= 0.6 is 0 Å². The van der Waals surface area contributed by atoms with Crippen molar-refractivity contribution in [1.82, 2.24) is 4.48 Å². The molecule has 0 N–H and O–H groups in total. The number of benzene rings is 1. The summed E-state index contributed by atoms with van der Waals surface area (Å²) in [6.45, 7) is 7.22. The molecule has 1 nitrogen and oxygen atoms in total. The Morgan fingerprint density at radius 1 is 0.412 bits per heavy atom. The van der Waals surface area contributed by atoms with Gasteiger partial charge in [-0.05, 0) is 37.8 Å². The minimum Gasteiger partial charge on any atom is -0.294 e. The van der Waals surface area contributed by atoms with Crippen LogP contribution < -0.4 is 4.48 Å². The lowest BCUT2D eigenvalue weighted by Crippen LogP contribution is -2.46. The topological polar surface area (TPSA) is 0 Å². The van der Waals surface area contributed by atoms with Gasteiger partial charge >= 0.3 is 0 Å². The third kappa shape index (κ3) is 16.7. The summed E-state index contributed by atoms with van der Waals surface area (Å²) in [5, 5.41) is 0. The van der Waals surface area contributed by atoms with Gasteiger partial charge in [0.1, 0.15) is 5.69 Å². The van der Waals surface area contributed by atoms with Crippen LogP contribution in [0.3, 0.4) is 0 Å². The van der Waals surface area contributed by atoms with Crippen molar-refractivity contribution in [3.05, 3.63) is 30.3 Å². The minimum atomic E-state index is 1.13. The molecule has 0 aliphatic rings. The van der Waals surface area contributed by atoms with Gasteiger partial charge in [0.2, 0.25) is 0 Å². The normalized spacial score (nSPS) is 11.9. The highest BCUT2D eigenvalue weighted by Crippen LogP contribution is 2.24. The van der Waals surface area contributed by atoms with Crippen LogP contribution in [-0.2, 0) is 0 Å². The van der Waals surface area contributed by atoms with Gasteiger partial charge in [-0.3, -0.25) is 4.48 Å². The van der Waals surface area contributed by atoms with E-state index >= 15 is 0 Å². The number of unbranched alkanes of at least 4 members (excludes halogenated alkanes) is 20. The Labute approximate surface area is 215 Å². The molecule has 0 atom stereocenters. The van der Waals surface area contributed by atoms with Crippen molar-refractivity contribution in [3.8, 4) is 0 Å². The Bertz CT molecular complexity index is 497. The van der Waals surface area contributed by atoms with Crippen LogP contribution in [0.2, 0.25) is 0 Å². The van der Waals surface area contributed by atoms with Crippen molar-refractivity contribution < 1.29 is 0 Å². The molecule has 1 aromatic rings. The molecule has 0 spiro atoms. The molecular formula is C33H62N+. The van der Waals surface area contributed by atoms with Gasteiger partial charge in [-0.15, -0.1) is 0 Å². The molecule has 0 saturated carbocycles. The lowest BCUT2D eigenvalue weighted by molar-refractivity contribution is 0.310. The van der Waals surface area contributed by atoms with Crippen LogP contribution in [0.1, 0.15) is 155 Å². The molecule has 198 valence electrons. The molecule has 0 fully saturated rings.